The van der Waals surface area contributed by atoms with Gasteiger partial charge in [0.05, 0.1) is 5.52 Å². The molecule has 3 N–H and O–H groups in total. The van der Waals surface area contributed by atoms with E-state index in [1.807, 2.05) is 6.07 Å². The van der Waals surface area contributed by atoms with E-state index in [-0.39, 0.29) is 0 Å². The van der Waals surface area contributed by atoms with Crippen LogP contribution in [0.4, 0.5) is 0 Å². The first kappa shape index (κ1) is 9.74. The number of aryl methyl sites for hydroxylation is 1. The molecule has 0 bridgehead atoms. The van der Waals surface area contributed by atoms with Crippen molar-refractivity contribution in [2.45, 2.75) is 12.8 Å². The molecule has 0 radical (unpaired) electrons. The molecule has 0 saturated carbocycles. The summed E-state index contributed by atoms with van der Waals surface area (Å²) in [7, 11) is 0. The Kier molecular flexibility index (Phi) is 2.89. The largest absolute Gasteiger partial charge is 0.360 e. The number of aromatic amines is 1. The zero-order valence-corrected chi connectivity index (χ0v) is 9.47. The number of H-pyrrole nitrogens is 1. The molecule has 1 aromatic carbocycles. The van der Waals surface area contributed by atoms with Crippen LogP contribution in [0.2, 0.25) is 0 Å². The lowest BCUT2D eigenvalue weighted by Crippen LogP contribution is -1.99. The lowest BCUT2D eigenvalue weighted by molar-refractivity contribution is 0.837. The molecular formula is C11H13BrN2. The highest BCUT2D eigenvalue weighted by Crippen LogP contribution is 2.25. The van der Waals surface area contributed by atoms with E-state index in [2.05, 4.69) is 39.2 Å². The minimum atomic E-state index is 0.751. The molecule has 0 unspecified atom stereocenters. The molecule has 0 aliphatic carbocycles. The standard InChI is InChI=1S/C11H13BrN2/c12-10-5-1-4-9-8(3-2-6-13)7-14-11(9)10/h1,4-5,7,14H,2-3,6,13H2. The first-order valence-electron chi connectivity index (χ1n) is 4.77. The summed E-state index contributed by atoms with van der Waals surface area (Å²) in [5, 5.41) is 1.30. The van der Waals surface area contributed by atoms with E-state index < -0.39 is 0 Å². The van der Waals surface area contributed by atoms with Crippen molar-refractivity contribution in [3.05, 3.63) is 34.4 Å². The van der Waals surface area contributed by atoms with Gasteiger partial charge in [0.25, 0.3) is 0 Å². The van der Waals surface area contributed by atoms with E-state index in [4.69, 9.17) is 5.73 Å². The predicted molar refractivity (Wildman–Crippen MR) is 63.4 cm³/mol. The molecule has 0 aliphatic rings. The maximum absolute atomic E-state index is 5.50. The normalized spacial score (nSPS) is 11.0. The average Bonchev–Trinajstić information content (AvgIpc) is 2.60. The number of hydrogen-bond acceptors (Lipinski definition) is 1. The minimum Gasteiger partial charge on any atom is -0.360 e. The summed E-state index contributed by atoms with van der Waals surface area (Å²) in [4.78, 5) is 3.28. The molecule has 1 aromatic heterocycles. The summed E-state index contributed by atoms with van der Waals surface area (Å²) in [6, 6.07) is 6.25. The number of nitrogens with two attached hydrogens (primary N) is 1. The van der Waals surface area contributed by atoms with Gasteiger partial charge in [0, 0.05) is 16.1 Å². The van der Waals surface area contributed by atoms with Crippen LogP contribution in [-0.4, -0.2) is 11.5 Å². The van der Waals surface area contributed by atoms with Gasteiger partial charge in [-0.3, -0.25) is 0 Å². The molecule has 1 heterocycles. The summed E-state index contributed by atoms with van der Waals surface area (Å²) < 4.78 is 1.12. The smallest absolute Gasteiger partial charge is 0.0601 e. The maximum Gasteiger partial charge on any atom is 0.0601 e. The van der Waals surface area contributed by atoms with E-state index in [9.17, 15) is 0 Å². The molecule has 0 amide bonds. The summed E-state index contributed by atoms with van der Waals surface area (Å²) in [6.07, 6.45) is 4.16. The van der Waals surface area contributed by atoms with Crippen LogP contribution in [0.3, 0.4) is 0 Å². The second-order valence-corrected chi connectivity index (χ2v) is 4.22. The summed E-state index contributed by atoms with van der Waals surface area (Å²) in [5.41, 5.74) is 8.03. The lowest BCUT2D eigenvalue weighted by Gasteiger charge is -1.97. The predicted octanol–water partition coefficient (Wildman–Crippen LogP) is 2.82. The van der Waals surface area contributed by atoms with Gasteiger partial charge >= 0.3 is 0 Å². The zero-order chi connectivity index (χ0) is 9.97. The van der Waals surface area contributed by atoms with Gasteiger partial charge in [-0.2, -0.15) is 0 Å². The molecule has 0 atom stereocenters. The van der Waals surface area contributed by atoms with Crippen LogP contribution in [0, 0.1) is 0 Å². The molecule has 0 saturated heterocycles. The topological polar surface area (TPSA) is 41.8 Å². The molecule has 3 heteroatoms. The van der Waals surface area contributed by atoms with E-state index in [0.717, 1.165) is 23.9 Å². The van der Waals surface area contributed by atoms with Crippen molar-refractivity contribution >= 4 is 26.8 Å². The minimum absolute atomic E-state index is 0.751. The highest BCUT2D eigenvalue weighted by Gasteiger charge is 2.04. The monoisotopic (exact) mass is 252 g/mol. The van der Waals surface area contributed by atoms with Crippen molar-refractivity contribution in [3.63, 3.8) is 0 Å². The molecular weight excluding hydrogens is 240 g/mol. The van der Waals surface area contributed by atoms with E-state index in [1.54, 1.807) is 0 Å². The SMILES string of the molecule is NCCCc1c[nH]c2c(Br)cccc12. The molecule has 0 spiro atoms. The van der Waals surface area contributed by atoms with Crippen LogP contribution in [0.5, 0.6) is 0 Å². The van der Waals surface area contributed by atoms with E-state index >= 15 is 0 Å². The first-order valence-corrected chi connectivity index (χ1v) is 5.57. The Labute approximate surface area is 91.6 Å². The molecule has 2 aromatic rings. The van der Waals surface area contributed by atoms with E-state index in [0.29, 0.717) is 0 Å². The van der Waals surface area contributed by atoms with Gasteiger partial charge in [-0.05, 0) is 46.9 Å². The fourth-order valence-corrected chi connectivity index (χ4v) is 2.16. The van der Waals surface area contributed by atoms with Gasteiger partial charge in [-0.15, -0.1) is 0 Å². The van der Waals surface area contributed by atoms with Crippen LogP contribution in [0.15, 0.2) is 28.9 Å². The van der Waals surface area contributed by atoms with Crippen LogP contribution >= 0.6 is 15.9 Å². The molecule has 2 nitrogen and oxygen atoms in total. The van der Waals surface area contributed by atoms with Gasteiger partial charge < -0.3 is 10.7 Å². The number of benzene rings is 1. The second kappa shape index (κ2) is 4.15. The van der Waals surface area contributed by atoms with Crippen LogP contribution in [0.25, 0.3) is 10.9 Å². The Balaban J connectivity index is 2.42. The van der Waals surface area contributed by atoms with Gasteiger partial charge in [0.1, 0.15) is 0 Å². The van der Waals surface area contributed by atoms with Crippen molar-refractivity contribution in [1.82, 2.24) is 4.98 Å². The van der Waals surface area contributed by atoms with Gasteiger partial charge in [0.2, 0.25) is 0 Å². The van der Waals surface area contributed by atoms with Gasteiger partial charge in [-0.1, -0.05) is 12.1 Å². The molecule has 74 valence electrons. The van der Waals surface area contributed by atoms with Crippen molar-refractivity contribution in [3.8, 4) is 0 Å². The Morgan fingerprint density at radius 3 is 3.00 bits per heavy atom. The van der Waals surface area contributed by atoms with E-state index in [1.165, 1.54) is 16.5 Å². The molecule has 0 aliphatic heterocycles. The number of rotatable bonds is 3. The average molecular weight is 253 g/mol. The Morgan fingerprint density at radius 2 is 2.21 bits per heavy atom. The summed E-state index contributed by atoms with van der Waals surface area (Å²) >= 11 is 3.52. The van der Waals surface area contributed by atoms with Crippen molar-refractivity contribution in [1.29, 1.82) is 0 Å². The summed E-state index contributed by atoms with van der Waals surface area (Å²) in [6.45, 7) is 0.751. The molecule has 14 heavy (non-hydrogen) atoms. The molecule has 0 fully saturated rings. The quantitative estimate of drug-likeness (QED) is 0.867. The highest BCUT2D eigenvalue weighted by molar-refractivity contribution is 9.10. The number of hydrogen-bond donors (Lipinski definition) is 2. The third kappa shape index (κ3) is 1.70. The van der Waals surface area contributed by atoms with Crippen LogP contribution < -0.4 is 5.73 Å². The van der Waals surface area contributed by atoms with Crippen molar-refractivity contribution < 1.29 is 0 Å². The van der Waals surface area contributed by atoms with Crippen LogP contribution in [0.1, 0.15) is 12.0 Å². The Bertz CT molecular complexity index is 434. The van der Waals surface area contributed by atoms with Crippen molar-refractivity contribution in [2.24, 2.45) is 5.73 Å². The Hall–Kier alpha value is -0.800. The summed E-state index contributed by atoms with van der Waals surface area (Å²) in [5.74, 6) is 0. The van der Waals surface area contributed by atoms with Crippen molar-refractivity contribution in [2.75, 3.05) is 6.54 Å². The third-order valence-corrected chi connectivity index (χ3v) is 3.06. The third-order valence-electron chi connectivity index (χ3n) is 2.40. The first-order chi connectivity index (χ1) is 6.83. The lowest BCUT2D eigenvalue weighted by atomic mass is 10.1. The zero-order valence-electron chi connectivity index (χ0n) is 7.89. The highest BCUT2D eigenvalue weighted by atomic mass is 79.9. The number of para-hydroxylation sites is 1. The van der Waals surface area contributed by atoms with Gasteiger partial charge in [-0.25, -0.2) is 0 Å². The fourth-order valence-electron chi connectivity index (χ4n) is 1.67. The van der Waals surface area contributed by atoms with Gasteiger partial charge in [0.15, 0.2) is 0 Å². The fraction of sp³-hybridized carbons (Fsp3) is 0.273. The number of aromatic nitrogens is 1. The number of halogens is 1. The Morgan fingerprint density at radius 1 is 1.36 bits per heavy atom. The number of nitrogens with one attached hydrogen (secondary N) is 1. The van der Waals surface area contributed by atoms with Crippen LogP contribution in [-0.2, 0) is 6.42 Å². The second-order valence-electron chi connectivity index (χ2n) is 3.37. The maximum atomic E-state index is 5.50. The molecule has 2 rings (SSSR count). The number of fused-ring (bicyclic) bond motifs is 1.